The molecule has 3 aromatic carbocycles. The first-order valence-corrected chi connectivity index (χ1v) is 10.7. The lowest BCUT2D eigenvalue weighted by atomic mass is 10.0. The van der Waals surface area contributed by atoms with E-state index in [-0.39, 0.29) is 11.8 Å². The Morgan fingerprint density at radius 2 is 1.09 bits per heavy atom. The third-order valence-corrected chi connectivity index (χ3v) is 5.35. The van der Waals surface area contributed by atoms with E-state index < -0.39 is 17.8 Å². The zero-order valence-corrected chi connectivity index (χ0v) is 18.6. The SMILES string of the molecule is O=C(O)C(=O)O.O=C(c1ccc(-c2ccccc2)cc1)N1CCN(C(=O)c2cccc(F)c2)CC1. The number of aliphatic carboxylic acids is 2. The summed E-state index contributed by atoms with van der Waals surface area (Å²) in [6.07, 6.45) is 0. The summed E-state index contributed by atoms with van der Waals surface area (Å²) in [4.78, 5) is 47.0. The van der Waals surface area contributed by atoms with Gasteiger partial charge in [0, 0.05) is 37.3 Å². The molecule has 180 valence electrons. The van der Waals surface area contributed by atoms with E-state index in [0.29, 0.717) is 37.3 Å². The minimum atomic E-state index is -1.82. The van der Waals surface area contributed by atoms with Gasteiger partial charge in [-0.15, -0.1) is 0 Å². The van der Waals surface area contributed by atoms with Crippen molar-refractivity contribution in [3.63, 3.8) is 0 Å². The van der Waals surface area contributed by atoms with Crippen LogP contribution in [0.25, 0.3) is 11.1 Å². The van der Waals surface area contributed by atoms with Gasteiger partial charge in [-0.2, -0.15) is 0 Å². The second-order valence-corrected chi connectivity index (χ2v) is 7.65. The maximum Gasteiger partial charge on any atom is 0.414 e. The highest BCUT2D eigenvalue weighted by molar-refractivity contribution is 6.27. The predicted molar refractivity (Wildman–Crippen MR) is 125 cm³/mol. The first-order chi connectivity index (χ1) is 16.8. The predicted octanol–water partition coefficient (Wildman–Crippen LogP) is 3.25. The number of benzene rings is 3. The van der Waals surface area contributed by atoms with Gasteiger partial charge in [0.15, 0.2) is 0 Å². The number of carboxylic acid groups (broad SMARTS) is 2. The number of nitrogens with zero attached hydrogens (tertiary/aromatic N) is 2. The second kappa shape index (κ2) is 11.6. The molecule has 1 heterocycles. The van der Waals surface area contributed by atoms with Gasteiger partial charge in [-0.25, -0.2) is 14.0 Å². The second-order valence-electron chi connectivity index (χ2n) is 7.65. The van der Waals surface area contributed by atoms with E-state index >= 15 is 0 Å². The molecule has 0 atom stereocenters. The minimum absolute atomic E-state index is 0.0394. The van der Waals surface area contributed by atoms with E-state index in [1.165, 1.54) is 18.2 Å². The molecular weight excluding hydrogens is 455 g/mol. The standard InChI is InChI=1S/C24H21FN2O2.C2H2O4/c25-22-8-4-7-21(17-22)24(29)27-15-13-26(14-16-27)23(28)20-11-9-19(10-12-20)18-5-2-1-3-6-18;3-1(4)2(5)6/h1-12,17H,13-16H2;(H,3,4)(H,5,6). The van der Waals surface area contributed by atoms with Crippen LogP contribution in [0.5, 0.6) is 0 Å². The summed E-state index contributed by atoms with van der Waals surface area (Å²) in [5.74, 6) is -4.32. The molecule has 1 aliphatic heterocycles. The summed E-state index contributed by atoms with van der Waals surface area (Å²) in [7, 11) is 0. The number of carbonyl (C=O) groups is 4. The lowest BCUT2D eigenvalue weighted by Gasteiger charge is -2.35. The van der Waals surface area contributed by atoms with Crippen molar-refractivity contribution in [3.05, 3.63) is 95.8 Å². The van der Waals surface area contributed by atoms with Crippen LogP contribution in [-0.2, 0) is 9.59 Å². The molecule has 4 rings (SSSR count). The molecule has 2 N–H and O–H groups in total. The zero-order valence-electron chi connectivity index (χ0n) is 18.6. The summed E-state index contributed by atoms with van der Waals surface area (Å²) in [5.41, 5.74) is 3.14. The molecule has 0 radical (unpaired) electrons. The average molecular weight is 478 g/mol. The largest absolute Gasteiger partial charge is 0.473 e. The van der Waals surface area contributed by atoms with Crippen LogP contribution in [0.3, 0.4) is 0 Å². The number of carbonyl (C=O) groups excluding carboxylic acids is 2. The molecule has 0 saturated carbocycles. The Balaban J connectivity index is 0.000000509. The fourth-order valence-electron chi connectivity index (χ4n) is 3.54. The summed E-state index contributed by atoms with van der Waals surface area (Å²) in [5, 5.41) is 14.8. The molecule has 1 saturated heterocycles. The Morgan fingerprint density at radius 1 is 0.600 bits per heavy atom. The number of carboxylic acids is 2. The fraction of sp³-hybridized carbons (Fsp3) is 0.154. The van der Waals surface area contributed by atoms with Crippen molar-refractivity contribution >= 4 is 23.8 Å². The van der Waals surface area contributed by atoms with Crippen LogP contribution in [0.1, 0.15) is 20.7 Å². The minimum Gasteiger partial charge on any atom is -0.473 e. The molecule has 35 heavy (non-hydrogen) atoms. The third kappa shape index (κ3) is 6.73. The monoisotopic (exact) mass is 478 g/mol. The number of hydrogen-bond donors (Lipinski definition) is 2. The molecule has 0 aromatic heterocycles. The topological polar surface area (TPSA) is 115 Å². The van der Waals surface area contributed by atoms with E-state index in [1.54, 1.807) is 15.9 Å². The maximum atomic E-state index is 13.4. The van der Waals surface area contributed by atoms with Crippen LogP contribution < -0.4 is 0 Å². The number of rotatable bonds is 3. The highest BCUT2D eigenvalue weighted by Gasteiger charge is 2.25. The van der Waals surface area contributed by atoms with Crippen LogP contribution in [0.4, 0.5) is 4.39 Å². The van der Waals surface area contributed by atoms with Crippen LogP contribution in [-0.4, -0.2) is 69.9 Å². The van der Waals surface area contributed by atoms with Gasteiger partial charge in [0.05, 0.1) is 0 Å². The Kier molecular flexibility index (Phi) is 8.29. The molecule has 8 nitrogen and oxygen atoms in total. The van der Waals surface area contributed by atoms with E-state index in [2.05, 4.69) is 0 Å². The first kappa shape index (κ1) is 25.1. The fourth-order valence-corrected chi connectivity index (χ4v) is 3.54. The lowest BCUT2D eigenvalue weighted by Crippen LogP contribution is -2.50. The Morgan fingerprint density at radius 3 is 1.57 bits per heavy atom. The quantitative estimate of drug-likeness (QED) is 0.559. The van der Waals surface area contributed by atoms with Gasteiger partial charge in [0.2, 0.25) is 0 Å². The van der Waals surface area contributed by atoms with E-state index in [4.69, 9.17) is 19.8 Å². The van der Waals surface area contributed by atoms with Crippen molar-refractivity contribution in [2.24, 2.45) is 0 Å². The van der Waals surface area contributed by atoms with Crippen molar-refractivity contribution in [3.8, 4) is 11.1 Å². The molecule has 9 heteroatoms. The first-order valence-electron chi connectivity index (χ1n) is 10.7. The van der Waals surface area contributed by atoms with Gasteiger partial charge in [0.25, 0.3) is 11.8 Å². The number of halogens is 1. The van der Waals surface area contributed by atoms with Crippen LogP contribution in [0.2, 0.25) is 0 Å². The normalized spacial score (nSPS) is 12.8. The number of piperazine rings is 1. The molecule has 1 aliphatic rings. The van der Waals surface area contributed by atoms with E-state index in [0.717, 1.165) is 11.1 Å². The summed E-state index contributed by atoms with van der Waals surface area (Å²) in [6.45, 7) is 1.78. The Hall–Kier alpha value is -4.53. The van der Waals surface area contributed by atoms with Crippen molar-refractivity contribution in [2.75, 3.05) is 26.2 Å². The molecule has 0 aliphatic carbocycles. The smallest absolute Gasteiger partial charge is 0.414 e. The highest BCUT2D eigenvalue weighted by atomic mass is 19.1. The van der Waals surface area contributed by atoms with Gasteiger partial charge < -0.3 is 20.0 Å². The van der Waals surface area contributed by atoms with E-state index in [1.807, 2.05) is 54.6 Å². The lowest BCUT2D eigenvalue weighted by molar-refractivity contribution is -0.159. The van der Waals surface area contributed by atoms with E-state index in [9.17, 15) is 14.0 Å². The molecule has 1 fully saturated rings. The number of hydrogen-bond acceptors (Lipinski definition) is 4. The zero-order chi connectivity index (χ0) is 25.4. The van der Waals surface area contributed by atoms with Crippen molar-refractivity contribution in [1.29, 1.82) is 0 Å². The summed E-state index contributed by atoms with van der Waals surface area (Å²) < 4.78 is 13.4. The van der Waals surface area contributed by atoms with Crippen molar-refractivity contribution in [1.82, 2.24) is 9.80 Å². The molecule has 0 spiro atoms. The van der Waals surface area contributed by atoms with Gasteiger partial charge in [-0.3, -0.25) is 9.59 Å². The maximum absolute atomic E-state index is 13.4. The van der Waals surface area contributed by atoms with Crippen molar-refractivity contribution < 1.29 is 33.8 Å². The highest BCUT2D eigenvalue weighted by Crippen LogP contribution is 2.20. The Bertz CT molecular complexity index is 1190. The van der Waals surface area contributed by atoms with Crippen molar-refractivity contribution in [2.45, 2.75) is 0 Å². The Labute approximate surface area is 200 Å². The average Bonchev–Trinajstić information content (AvgIpc) is 2.89. The van der Waals surface area contributed by atoms with Crippen LogP contribution in [0, 0.1) is 5.82 Å². The summed E-state index contributed by atoms with van der Waals surface area (Å²) >= 11 is 0. The number of amides is 2. The van der Waals surface area contributed by atoms with Gasteiger partial charge >= 0.3 is 11.9 Å². The molecular formula is C26H23FN2O6. The molecule has 0 bridgehead atoms. The van der Waals surface area contributed by atoms with Gasteiger partial charge in [-0.1, -0.05) is 48.5 Å². The molecule has 0 unspecified atom stereocenters. The summed E-state index contributed by atoms with van der Waals surface area (Å²) in [6, 6.07) is 23.3. The third-order valence-electron chi connectivity index (χ3n) is 5.35. The van der Waals surface area contributed by atoms with Crippen LogP contribution >= 0.6 is 0 Å². The van der Waals surface area contributed by atoms with Gasteiger partial charge in [0.1, 0.15) is 5.82 Å². The molecule has 3 aromatic rings. The van der Waals surface area contributed by atoms with Crippen LogP contribution in [0.15, 0.2) is 78.9 Å². The molecule has 2 amide bonds. The van der Waals surface area contributed by atoms with Gasteiger partial charge in [-0.05, 0) is 41.5 Å².